The number of ether oxygens (including phenoxy) is 1. The van der Waals surface area contributed by atoms with Crippen molar-refractivity contribution in [3.05, 3.63) is 35.7 Å². The van der Waals surface area contributed by atoms with E-state index in [1.807, 2.05) is 13.0 Å². The molecule has 0 bridgehead atoms. The fraction of sp³-hybridized carbons (Fsp3) is 0.545. The van der Waals surface area contributed by atoms with Crippen LogP contribution in [0.15, 0.2) is 24.4 Å². The van der Waals surface area contributed by atoms with Crippen LogP contribution in [0.5, 0.6) is 5.88 Å². The number of likely N-dealkylation sites (tertiary alicyclic amines) is 1. The maximum atomic E-state index is 12.4. The Morgan fingerprint density at radius 2 is 2.12 bits per heavy atom. The van der Waals surface area contributed by atoms with Crippen molar-refractivity contribution in [2.75, 3.05) is 19.0 Å². The quantitative estimate of drug-likeness (QED) is 0.537. The van der Waals surface area contributed by atoms with E-state index in [4.69, 9.17) is 4.74 Å². The number of carbonyl (C=O) groups is 2. The second-order valence-corrected chi connectivity index (χ2v) is 9.14. The molecular weight excluding hydrogens is 414 g/mol. The number of methoxy groups -OCH3 is 1. The van der Waals surface area contributed by atoms with Crippen molar-refractivity contribution in [2.45, 2.75) is 56.6 Å². The fourth-order valence-corrected chi connectivity index (χ4v) is 5.15. The molecule has 0 spiro atoms. The largest absolute Gasteiger partial charge is 0.481 e. The van der Waals surface area contributed by atoms with Crippen LogP contribution in [-0.2, 0) is 11.2 Å². The Hall–Kier alpha value is -3.14. The zero-order valence-corrected chi connectivity index (χ0v) is 18.5. The highest BCUT2D eigenvalue weighted by Crippen LogP contribution is 2.53. The smallest absolute Gasteiger partial charge is 0.407 e. The fourth-order valence-electron chi connectivity index (χ4n) is 5.15. The Bertz CT molecular complexity index is 1000. The van der Waals surface area contributed by atoms with Gasteiger partial charge in [0.25, 0.3) is 0 Å². The van der Waals surface area contributed by atoms with Crippen LogP contribution in [0.4, 0.5) is 10.6 Å². The average molecular weight is 444 g/mol. The SMILES string of the molecule is COc1ccc(CC(=O)Nc2cc(C3CCC([C@]4(C)N(C(=O)O)C[C@@]4(C)O)C3)[nH]n2)cn1. The second-order valence-electron chi connectivity index (χ2n) is 9.14. The van der Waals surface area contributed by atoms with Gasteiger partial charge in [-0.1, -0.05) is 6.07 Å². The molecule has 4 N–H and O–H groups in total. The van der Waals surface area contributed by atoms with Crippen LogP contribution in [0, 0.1) is 5.92 Å². The Labute approximate surface area is 186 Å². The second kappa shape index (κ2) is 8.09. The van der Waals surface area contributed by atoms with E-state index >= 15 is 0 Å². The summed E-state index contributed by atoms with van der Waals surface area (Å²) in [5, 5.41) is 30.3. The topological polar surface area (TPSA) is 141 Å². The number of rotatable bonds is 6. The van der Waals surface area contributed by atoms with Gasteiger partial charge in [0.05, 0.1) is 25.6 Å². The van der Waals surface area contributed by atoms with Gasteiger partial charge in [-0.05, 0) is 44.6 Å². The van der Waals surface area contributed by atoms with E-state index in [2.05, 4.69) is 20.5 Å². The first-order valence-electron chi connectivity index (χ1n) is 10.7. The minimum absolute atomic E-state index is 0.0382. The monoisotopic (exact) mass is 443 g/mol. The van der Waals surface area contributed by atoms with Crippen LogP contribution in [0.25, 0.3) is 0 Å². The van der Waals surface area contributed by atoms with Crippen molar-refractivity contribution in [2.24, 2.45) is 5.92 Å². The Kier molecular flexibility index (Phi) is 5.58. The summed E-state index contributed by atoms with van der Waals surface area (Å²) in [7, 11) is 1.54. The molecule has 4 atom stereocenters. The van der Waals surface area contributed by atoms with E-state index in [1.54, 1.807) is 25.3 Å². The zero-order valence-electron chi connectivity index (χ0n) is 18.5. The number of β-amino-alcohol motifs (C(OH)–C–C–N with tert-alkyl or cyclic N) is 1. The van der Waals surface area contributed by atoms with E-state index in [9.17, 15) is 19.8 Å². The highest BCUT2D eigenvalue weighted by atomic mass is 16.5. The third-order valence-electron chi connectivity index (χ3n) is 7.25. The molecule has 10 nitrogen and oxygen atoms in total. The molecule has 1 aliphatic carbocycles. The molecule has 2 unspecified atom stereocenters. The summed E-state index contributed by atoms with van der Waals surface area (Å²) in [4.78, 5) is 29.4. The molecule has 2 aromatic rings. The molecule has 2 fully saturated rings. The lowest BCUT2D eigenvalue weighted by molar-refractivity contribution is -0.204. The van der Waals surface area contributed by atoms with E-state index in [0.717, 1.165) is 30.5 Å². The van der Waals surface area contributed by atoms with Crippen LogP contribution in [0.2, 0.25) is 0 Å². The number of hydrogen-bond donors (Lipinski definition) is 4. The van der Waals surface area contributed by atoms with E-state index in [1.165, 1.54) is 12.0 Å². The van der Waals surface area contributed by atoms with Crippen molar-refractivity contribution >= 4 is 17.8 Å². The highest BCUT2D eigenvalue weighted by molar-refractivity contribution is 5.91. The van der Waals surface area contributed by atoms with Crippen molar-refractivity contribution in [1.82, 2.24) is 20.1 Å². The number of pyridine rings is 1. The summed E-state index contributed by atoms with van der Waals surface area (Å²) < 4.78 is 5.02. The van der Waals surface area contributed by atoms with Gasteiger partial charge in [0, 0.05) is 29.9 Å². The normalized spacial score (nSPS) is 29.4. The molecule has 4 rings (SSSR count). The van der Waals surface area contributed by atoms with E-state index in [-0.39, 0.29) is 30.7 Å². The molecule has 0 radical (unpaired) electrons. The van der Waals surface area contributed by atoms with Crippen LogP contribution >= 0.6 is 0 Å². The third-order valence-corrected chi connectivity index (χ3v) is 7.25. The van der Waals surface area contributed by atoms with Gasteiger partial charge < -0.3 is 20.3 Å². The van der Waals surface area contributed by atoms with Crippen LogP contribution in [0.3, 0.4) is 0 Å². The number of carbonyl (C=O) groups excluding carboxylic acids is 1. The number of hydrogen-bond acceptors (Lipinski definition) is 6. The highest BCUT2D eigenvalue weighted by Gasteiger charge is 2.64. The van der Waals surface area contributed by atoms with Crippen LogP contribution in [-0.4, -0.2) is 67.1 Å². The number of nitrogens with zero attached hydrogens (tertiary/aromatic N) is 3. The molecule has 2 amide bonds. The Morgan fingerprint density at radius 1 is 1.34 bits per heavy atom. The standard InChI is InChI=1S/C22H29N5O5/c1-21(31)12-27(20(29)30)22(21,2)15-6-5-14(9-15)16-10-17(26-25-16)24-18(28)8-13-4-7-19(32-3)23-11-13/h4,7,10-11,14-15,31H,5-6,8-9,12H2,1-3H3,(H,29,30)(H2,24,25,26,28)/t14?,15?,21-,22+/m1/s1. The Balaban J connectivity index is 1.37. The minimum atomic E-state index is -1.05. The maximum Gasteiger partial charge on any atom is 0.407 e. The first kappa shape index (κ1) is 22.1. The number of aliphatic hydroxyl groups is 1. The van der Waals surface area contributed by atoms with Crippen molar-refractivity contribution < 1.29 is 24.5 Å². The van der Waals surface area contributed by atoms with Crippen LogP contribution in [0.1, 0.15) is 50.3 Å². The predicted octanol–water partition coefficient (Wildman–Crippen LogP) is 2.38. The zero-order chi connectivity index (χ0) is 23.1. The van der Waals surface area contributed by atoms with Gasteiger partial charge in [-0.25, -0.2) is 9.78 Å². The number of anilines is 1. The summed E-state index contributed by atoms with van der Waals surface area (Å²) in [5.41, 5.74) is -0.189. The number of H-pyrrole nitrogens is 1. The summed E-state index contributed by atoms with van der Waals surface area (Å²) in [6, 6.07) is 5.32. The molecule has 10 heteroatoms. The van der Waals surface area contributed by atoms with Gasteiger partial charge in [-0.3, -0.25) is 14.8 Å². The Morgan fingerprint density at radius 3 is 2.75 bits per heavy atom. The molecule has 1 saturated heterocycles. The predicted molar refractivity (Wildman–Crippen MR) is 116 cm³/mol. The van der Waals surface area contributed by atoms with Crippen molar-refractivity contribution in [3.8, 4) is 5.88 Å². The van der Waals surface area contributed by atoms with Crippen molar-refractivity contribution in [1.29, 1.82) is 0 Å². The van der Waals surface area contributed by atoms with Crippen molar-refractivity contribution in [3.63, 3.8) is 0 Å². The molecule has 3 heterocycles. The molecule has 172 valence electrons. The van der Waals surface area contributed by atoms with Gasteiger partial charge in [-0.15, -0.1) is 0 Å². The summed E-state index contributed by atoms with van der Waals surface area (Å²) in [5.74, 6) is 0.937. The van der Waals surface area contributed by atoms with Gasteiger partial charge >= 0.3 is 6.09 Å². The number of amides is 2. The summed E-state index contributed by atoms with van der Waals surface area (Å²) in [6.07, 6.45) is 3.18. The molecule has 1 aliphatic heterocycles. The summed E-state index contributed by atoms with van der Waals surface area (Å²) >= 11 is 0. The third kappa shape index (κ3) is 3.79. The first-order chi connectivity index (χ1) is 15.1. The lowest BCUT2D eigenvalue weighted by Crippen LogP contribution is -2.79. The molecule has 2 aliphatic rings. The van der Waals surface area contributed by atoms with Gasteiger partial charge in [0.1, 0.15) is 5.60 Å². The summed E-state index contributed by atoms with van der Waals surface area (Å²) in [6.45, 7) is 3.68. The van der Waals surface area contributed by atoms with E-state index < -0.39 is 17.2 Å². The van der Waals surface area contributed by atoms with Crippen LogP contribution < -0.4 is 10.1 Å². The van der Waals surface area contributed by atoms with Gasteiger partial charge in [0.15, 0.2) is 5.82 Å². The molecule has 32 heavy (non-hydrogen) atoms. The lowest BCUT2D eigenvalue weighted by atomic mass is 9.64. The first-order valence-corrected chi connectivity index (χ1v) is 10.7. The van der Waals surface area contributed by atoms with Gasteiger partial charge in [-0.2, -0.15) is 5.10 Å². The average Bonchev–Trinajstić information content (AvgIpc) is 3.41. The molecule has 1 saturated carbocycles. The molecule has 0 aromatic carbocycles. The minimum Gasteiger partial charge on any atom is -0.481 e. The lowest BCUT2D eigenvalue weighted by Gasteiger charge is -2.62. The number of carboxylic acid groups (broad SMARTS) is 1. The number of aromatic amines is 1. The molecule has 2 aromatic heterocycles. The maximum absolute atomic E-state index is 12.4. The van der Waals surface area contributed by atoms with Gasteiger partial charge in [0.2, 0.25) is 11.8 Å². The number of nitrogens with one attached hydrogen (secondary N) is 2. The molecular formula is C22H29N5O5. The van der Waals surface area contributed by atoms with E-state index in [0.29, 0.717) is 11.7 Å². The number of aromatic nitrogens is 3.